The number of hydrogen-bond acceptors (Lipinski definition) is 4. The summed E-state index contributed by atoms with van der Waals surface area (Å²) in [5.74, 6) is 2.07. The van der Waals surface area contributed by atoms with Gasteiger partial charge in [-0.2, -0.15) is 0 Å². The Balaban J connectivity index is 2.18. The zero-order valence-corrected chi connectivity index (χ0v) is 11.9. The molecule has 1 unspecified atom stereocenters. The number of nitrogens with zero attached hydrogens (tertiary/aromatic N) is 2. The van der Waals surface area contributed by atoms with Gasteiger partial charge in [0.15, 0.2) is 11.6 Å². The Morgan fingerprint density at radius 2 is 2.32 bits per heavy atom. The van der Waals surface area contributed by atoms with Crippen LogP contribution < -0.4 is 9.64 Å². The first-order valence-electron chi connectivity index (χ1n) is 6.95. The summed E-state index contributed by atoms with van der Waals surface area (Å²) in [6.07, 6.45) is 3.91. The van der Waals surface area contributed by atoms with Gasteiger partial charge in [-0.3, -0.25) is 4.79 Å². The molecule has 0 N–H and O–H groups in total. The van der Waals surface area contributed by atoms with Crippen molar-refractivity contribution in [1.82, 2.24) is 4.98 Å². The number of pyridine rings is 1. The third kappa shape index (κ3) is 3.46. The molecule has 0 bridgehead atoms. The average Bonchev–Trinajstić information content (AvgIpc) is 2.39. The number of carbonyl (C=O) groups is 1. The van der Waals surface area contributed by atoms with Crippen LogP contribution >= 0.6 is 0 Å². The largest absolute Gasteiger partial charge is 0.487 e. The SMILES string of the molecule is CC(=O)C1CCCN(c2ncccc2OC(C)C)C1. The number of ether oxygens (including phenoxy) is 1. The predicted molar refractivity (Wildman–Crippen MR) is 75.6 cm³/mol. The molecule has 1 atom stereocenters. The van der Waals surface area contributed by atoms with Crippen LogP contribution in [0.3, 0.4) is 0 Å². The second-order valence-corrected chi connectivity index (χ2v) is 5.39. The number of Topliss-reactive ketones (excluding diaryl/α,β-unsaturated/α-hetero) is 1. The topological polar surface area (TPSA) is 42.4 Å². The van der Waals surface area contributed by atoms with Gasteiger partial charge < -0.3 is 9.64 Å². The summed E-state index contributed by atoms with van der Waals surface area (Å²) in [5.41, 5.74) is 0. The third-order valence-corrected chi connectivity index (χ3v) is 3.41. The Labute approximate surface area is 114 Å². The van der Waals surface area contributed by atoms with Crippen LogP contribution in [0.2, 0.25) is 0 Å². The summed E-state index contributed by atoms with van der Waals surface area (Å²) in [6.45, 7) is 7.38. The standard InChI is InChI=1S/C15H22N2O2/c1-11(2)19-14-7-4-8-16-15(14)17-9-5-6-13(10-17)12(3)18/h4,7-8,11,13H,5-6,9-10H2,1-3H3. The van der Waals surface area contributed by atoms with Gasteiger partial charge in [0.05, 0.1) is 6.10 Å². The van der Waals surface area contributed by atoms with E-state index in [-0.39, 0.29) is 17.8 Å². The number of hydrogen-bond donors (Lipinski definition) is 0. The first-order chi connectivity index (χ1) is 9.08. The Bertz CT molecular complexity index is 446. The number of rotatable bonds is 4. The Kier molecular flexibility index (Phi) is 4.40. The molecule has 2 heterocycles. The molecule has 1 fully saturated rings. The second kappa shape index (κ2) is 6.04. The van der Waals surface area contributed by atoms with E-state index in [0.29, 0.717) is 0 Å². The van der Waals surface area contributed by atoms with Crippen LogP contribution in [-0.2, 0) is 4.79 Å². The highest BCUT2D eigenvalue weighted by Crippen LogP contribution is 2.30. The van der Waals surface area contributed by atoms with E-state index in [1.165, 1.54) is 0 Å². The van der Waals surface area contributed by atoms with Crippen molar-refractivity contribution in [2.45, 2.75) is 39.7 Å². The fourth-order valence-electron chi connectivity index (χ4n) is 2.47. The van der Waals surface area contributed by atoms with E-state index in [2.05, 4.69) is 9.88 Å². The molecule has 1 saturated heterocycles. The summed E-state index contributed by atoms with van der Waals surface area (Å²) >= 11 is 0. The molecule has 0 amide bonds. The highest BCUT2D eigenvalue weighted by molar-refractivity contribution is 5.79. The van der Waals surface area contributed by atoms with E-state index < -0.39 is 0 Å². The highest BCUT2D eigenvalue weighted by atomic mass is 16.5. The number of piperidine rings is 1. The van der Waals surface area contributed by atoms with E-state index in [4.69, 9.17) is 4.74 Å². The van der Waals surface area contributed by atoms with E-state index in [1.54, 1.807) is 13.1 Å². The monoisotopic (exact) mass is 262 g/mol. The van der Waals surface area contributed by atoms with Gasteiger partial charge in [0.2, 0.25) is 0 Å². The molecular weight excluding hydrogens is 240 g/mol. The maximum absolute atomic E-state index is 11.6. The lowest BCUT2D eigenvalue weighted by atomic mass is 9.94. The normalized spacial score (nSPS) is 19.6. The van der Waals surface area contributed by atoms with Gasteiger partial charge in [-0.05, 0) is 45.7 Å². The molecule has 0 aromatic carbocycles. The van der Waals surface area contributed by atoms with Crippen LogP contribution in [0, 0.1) is 5.92 Å². The Morgan fingerprint density at radius 1 is 1.53 bits per heavy atom. The van der Waals surface area contributed by atoms with E-state index >= 15 is 0 Å². The highest BCUT2D eigenvalue weighted by Gasteiger charge is 2.25. The van der Waals surface area contributed by atoms with Crippen molar-refractivity contribution >= 4 is 11.6 Å². The van der Waals surface area contributed by atoms with Gasteiger partial charge in [0, 0.05) is 25.2 Å². The molecule has 0 spiro atoms. The van der Waals surface area contributed by atoms with Crippen molar-refractivity contribution in [2.75, 3.05) is 18.0 Å². The molecule has 0 aliphatic carbocycles. The van der Waals surface area contributed by atoms with Crippen molar-refractivity contribution in [3.63, 3.8) is 0 Å². The van der Waals surface area contributed by atoms with E-state index in [0.717, 1.165) is 37.5 Å². The Hall–Kier alpha value is -1.58. The molecular formula is C15H22N2O2. The molecule has 2 rings (SSSR count). The van der Waals surface area contributed by atoms with Crippen LogP contribution in [0.5, 0.6) is 5.75 Å². The fourth-order valence-corrected chi connectivity index (χ4v) is 2.47. The van der Waals surface area contributed by atoms with Crippen molar-refractivity contribution in [3.05, 3.63) is 18.3 Å². The summed E-state index contributed by atoms with van der Waals surface area (Å²) in [7, 11) is 0. The predicted octanol–water partition coefficient (Wildman–Crippen LogP) is 2.67. The lowest BCUT2D eigenvalue weighted by molar-refractivity contribution is -0.120. The molecule has 0 saturated carbocycles. The van der Waals surface area contributed by atoms with Crippen LogP contribution in [0.25, 0.3) is 0 Å². The smallest absolute Gasteiger partial charge is 0.171 e. The van der Waals surface area contributed by atoms with Gasteiger partial charge in [0.1, 0.15) is 5.78 Å². The molecule has 0 radical (unpaired) electrons. The molecule has 4 nitrogen and oxygen atoms in total. The van der Waals surface area contributed by atoms with Gasteiger partial charge in [0.25, 0.3) is 0 Å². The average molecular weight is 262 g/mol. The maximum Gasteiger partial charge on any atom is 0.171 e. The first-order valence-corrected chi connectivity index (χ1v) is 6.95. The number of aromatic nitrogens is 1. The molecule has 1 aromatic heterocycles. The van der Waals surface area contributed by atoms with Crippen LogP contribution in [0.4, 0.5) is 5.82 Å². The van der Waals surface area contributed by atoms with Crippen LogP contribution in [0.1, 0.15) is 33.6 Å². The fraction of sp³-hybridized carbons (Fsp3) is 0.600. The minimum atomic E-state index is 0.122. The van der Waals surface area contributed by atoms with Crippen LogP contribution in [0.15, 0.2) is 18.3 Å². The van der Waals surface area contributed by atoms with Gasteiger partial charge in [-0.25, -0.2) is 4.98 Å². The summed E-state index contributed by atoms with van der Waals surface area (Å²) < 4.78 is 5.81. The van der Waals surface area contributed by atoms with Crippen molar-refractivity contribution in [3.8, 4) is 5.75 Å². The molecule has 1 aliphatic rings. The lowest BCUT2D eigenvalue weighted by Gasteiger charge is -2.33. The zero-order valence-electron chi connectivity index (χ0n) is 11.9. The van der Waals surface area contributed by atoms with Crippen LogP contribution in [-0.4, -0.2) is 30.0 Å². The minimum Gasteiger partial charge on any atom is -0.487 e. The first kappa shape index (κ1) is 13.8. The van der Waals surface area contributed by atoms with Crippen molar-refractivity contribution in [1.29, 1.82) is 0 Å². The quantitative estimate of drug-likeness (QED) is 0.836. The van der Waals surface area contributed by atoms with Gasteiger partial charge in [-0.1, -0.05) is 0 Å². The summed E-state index contributed by atoms with van der Waals surface area (Å²) in [5, 5.41) is 0. The van der Waals surface area contributed by atoms with Crippen molar-refractivity contribution in [2.24, 2.45) is 5.92 Å². The number of ketones is 1. The van der Waals surface area contributed by atoms with Gasteiger partial charge >= 0.3 is 0 Å². The number of anilines is 1. The minimum absolute atomic E-state index is 0.122. The molecule has 19 heavy (non-hydrogen) atoms. The summed E-state index contributed by atoms with van der Waals surface area (Å²) in [6, 6.07) is 3.83. The molecule has 1 aliphatic heterocycles. The summed E-state index contributed by atoms with van der Waals surface area (Å²) in [4.78, 5) is 18.2. The third-order valence-electron chi connectivity index (χ3n) is 3.41. The number of carbonyl (C=O) groups excluding carboxylic acids is 1. The Morgan fingerprint density at radius 3 is 3.00 bits per heavy atom. The lowest BCUT2D eigenvalue weighted by Crippen LogP contribution is -2.38. The molecule has 104 valence electrons. The van der Waals surface area contributed by atoms with Gasteiger partial charge in [-0.15, -0.1) is 0 Å². The maximum atomic E-state index is 11.6. The van der Waals surface area contributed by atoms with Crippen molar-refractivity contribution < 1.29 is 9.53 Å². The van der Waals surface area contributed by atoms with E-state index in [9.17, 15) is 4.79 Å². The molecule has 1 aromatic rings. The molecule has 4 heteroatoms. The van der Waals surface area contributed by atoms with E-state index in [1.807, 2.05) is 26.0 Å². The second-order valence-electron chi connectivity index (χ2n) is 5.39. The zero-order chi connectivity index (χ0) is 13.8.